The molecule has 2 saturated carbocycles. The van der Waals surface area contributed by atoms with Crippen LogP contribution < -0.4 is 4.72 Å². The van der Waals surface area contributed by atoms with Gasteiger partial charge in [0.25, 0.3) is 0 Å². The normalized spacial score (nSPS) is 30.0. The molecule has 0 aliphatic heterocycles. The van der Waals surface area contributed by atoms with Gasteiger partial charge in [0.1, 0.15) is 4.90 Å². The molecule has 2 fully saturated rings. The summed E-state index contributed by atoms with van der Waals surface area (Å²) in [5, 5.41) is 4.14. The lowest BCUT2D eigenvalue weighted by Gasteiger charge is -2.28. The van der Waals surface area contributed by atoms with E-state index in [2.05, 4.69) is 9.82 Å². The van der Waals surface area contributed by atoms with Gasteiger partial charge < -0.3 is 0 Å². The van der Waals surface area contributed by atoms with Gasteiger partial charge in [-0.1, -0.05) is 6.42 Å². The number of fused-ring (bicyclic) bond motifs is 2. The standard InChI is InChI=1S/C15H25N3O2S/c1-4-18-11(3)15(9-16-18)21(19,20)17-10(2)14-8-12-5-6-13(14)7-12/h9-10,12-14,17H,4-8H2,1-3H3/t10-,12-,13-,14-/m0/s1. The Morgan fingerprint density at radius 1 is 1.43 bits per heavy atom. The van der Waals surface area contributed by atoms with Gasteiger partial charge in [0, 0.05) is 12.6 Å². The van der Waals surface area contributed by atoms with E-state index in [4.69, 9.17) is 0 Å². The number of nitrogens with zero attached hydrogens (tertiary/aromatic N) is 2. The topological polar surface area (TPSA) is 64.0 Å². The van der Waals surface area contributed by atoms with E-state index >= 15 is 0 Å². The summed E-state index contributed by atoms with van der Waals surface area (Å²) in [4.78, 5) is 0.319. The highest BCUT2D eigenvalue weighted by atomic mass is 32.2. The van der Waals surface area contributed by atoms with Crippen LogP contribution in [-0.4, -0.2) is 24.2 Å². The molecule has 2 aliphatic rings. The van der Waals surface area contributed by atoms with Crippen LogP contribution in [0.4, 0.5) is 0 Å². The second-order valence-electron chi connectivity index (χ2n) is 6.66. The zero-order valence-electron chi connectivity index (χ0n) is 13.0. The van der Waals surface area contributed by atoms with Crippen molar-refractivity contribution in [1.82, 2.24) is 14.5 Å². The maximum Gasteiger partial charge on any atom is 0.244 e. The molecule has 0 unspecified atom stereocenters. The molecule has 0 spiro atoms. The summed E-state index contributed by atoms with van der Waals surface area (Å²) in [6.07, 6.45) is 6.55. The Hall–Kier alpha value is -0.880. The minimum atomic E-state index is -3.47. The molecule has 3 rings (SSSR count). The molecule has 2 aliphatic carbocycles. The maximum absolute atomic E-state index is 12.6. The van der Waals surface area contributed by atoms with Crippen LogP contribution in [0.1, 0.15) is 45.2 Å². The minimum absolute atomic E-state index is 0.00896. The van der Waals surface area contributed by atoms with Crippen molar-refractivity contribution in [2.45, 2.75) is 63.9 Å². The molecule has 1 aromatic heterocycles. The van der Waals surface area contributed by atoms with E-state index in [1.807, 2.05) is 20.8 Å². The van der Waals surface area contributed by atoms with Crippen molar-refractivity contribution >= 4 is 10.0 Å². The van der Waals surface area contributed by atoms with E-state index in [9.17, 15) is 8.42 Å². The number of aromatic nitrogens is 2. The molecule has 2 bridgehead atoms. The quantitative estimate of drug-likeness (QED) is 0.907. The van der Waals surface area contributed by atoms with Gasteiger partial charge >= 0.3 is 0 Å². The van der Waals surface area contributed by atoms with Crippen molar-refractivity contribution < 1.29 is 8.42 Å². The smallest absolute Gasteiger partial charge is 0.244 e. The first-order valence-electron chi connectivity index (χ1n) is 7.97. The third-order valence-corrected chi connectivity index (χ3v) is 7.09. The van der Waals surface area contributed by atoms with E-state index in [0.717, 1.165) is 5.92 Å². The van der Waals surface area contributed by atoms with Gasteiger partial charge in [0.05, 0.1) is 11.9 Å². The molecule has 0 aromatic carbocycles. The Morgan fingerprint density at radius 2 is 2.19 bits per heavy atom. The van der Waals surface area contributed by atoms with Gasteiger partial charge in [-0.25, -0.2) is 13.1 Å². The molecule has 0 amide bonds. The molecule has 5 nitrogen and oxygen atoms in total. The molecule has 0 radical (unpaired) electrons. The number of aryl methyl sites for hydroxylation is 1. The first kappa shape index (κ1) is 15.0. The highest BCUT2D eigenvalue weighted by molar-refractivity contribution is 7.89. The van der Waals surface area contributed by atoms with E-state index < -0.39 is 10.0 Å². The van der Waals surface area contributed by atoms with Crippen molar-refractivity contribution in [3.63, 3.8) is 0 Å². The molecule has 6 heteroatoms. The van der Waals surface area contributed by atoms with E-state index in [1.165, 1.54) is 31.9 Å². The largest absolute Gasteiger partial charge is 0.269 e. The molecular formula is C15H25N3O2S. The summed E-state index contributed by atoms with van der Waals surface area (Å²) in [6.45, 7) is 6.47. The highest BCUT2D eigenvalue weighted by Crippen LogP contribution is 2.49. The van der Waals surface area contributed by atoms with E-state index in [0.29, 0.717) is 29.0 Å². The summed E-state index contributed by atoms with van der Waals surface area (Å²) in [5.74, 6) is 2.05. The van der Waals surface area contributed by atoms with Crippen molar-refractivity contribution in [2.24, 2.45) is 17.8 Å². The predicted molar refractivity (Wildman–Crippen MR) is 81.4 cm³/mol. The number of hydrogen-bond acceptors (Lipinski definition) is 3. The second kappa shape index (κ2) is 5.39. The van der Waals surface area contributed by atoms with Crippen molar-refractivity contribution in [1.29, 1.82) is 0 Å². The lowest BCUT2D eigenvalue weighted by Crippen LogP contribution is -2.40. The van der Waals surface area contributed by atoms with Crippen LogP contribution in [0.15, 0.2) is 11.1 Å². The van der Waals surface area contributed by atoms with E-state index in [-0.39, 0.29) is 6.04 Å². The fraction of sp³-hybridized carbons (Fsp3) is 0.800. The van der Waals surface area contributed by atoms with Crippen LogP contribution in [0.25, 0.3) is 0 Å². The minimum Gasteiger partial charge on any atom is -0.269 e. The Balaban J connectivity index is 1.75. The van der Waals surface area contributed by atoms with Crippen molar-refractivity contribution in [2.75, 3.05) is 0 Å². The van der Waals surface area contributed by atoms with Crippen LogP contribution >= 0.6 is 0 Å². The molecule has 1 heterocycles. The second-order valence-corrected chi connectivity index (χ2v) is 8.34. The summed E-state index contributed by atoms with van der Waals surface area (Å²) >= 11 is 0. The number of nitrogens with one attached hydrogen (secondary N) is 1. The van der Waals surface area contributed by atoms with Crippen LogP contribution in [0.3, 0.4) is 0 Å². The Morgan fingerprint density at radius 3 is 2.71 bits per heavy atom. The highest BCUT2D eigenvalue weighted by Gasteiger charge is 2.42. The van der Waals surface area contributed by atoms with Gasteiger partial charge in [0.15, 0.2) is 0 Å². The fourth-order valence-electron chi connectivity index (χ4n) is 4.31. The summed E-state index contributed by atoms with van der Waals surface area (Å²) in [6, 6.07) is 0.00896. The predicted octanol–water partition coefficient (Wildman–Crippen LogP) is 2.31. The maximum atomic E-state index is 12.6. The van der Waals surface area contributed by atoms with Crippen LogP contribution in [-0.2, 0) is 16.6 Å². The van der Waals surface area contributed by atoms with Gasteiger partial charge in [-0.2, -0.15) is 5.10 Å². The molecule has 0 saturated heterocycles. The molecular weight excluding hydrogens is 286 g/mol. The molecule has 1 N–H and O–H groups in total. The lowest BCUT2D eigenvalue weighted by molar-refractivity contribution is 0.280. The molecule has 118 valence electrons. The van der Waals surface area contributed by atoms with Gasteiger partial charge in [0.2, 0.25) is 10.0 Å². The number of sulfonamides is 1. The summed E-state index contributed by atoms with van der Waals surface area (Å²) < 4.78 is 29.8. The molecule has 21 heavy (non-hydrogen) atoms. The SMILES string of the molecule is CCn1ncc(S(=O)(=O)N[C@@H](C)[C@@H]2C[C@H]3CC[C@H]2C3)c1C. The number of rotatable bonds is 5. The Kier molecular flexibility index (Phi) is 3.86. The van der Waals surface area contributed by atoms with Crippen LogP contribution in [0, 0.1) is 24.7 Å². The van der Waals surface area contributed by atoms with Crippen molar-refractivity contribution in [3.8, 4) is 0 Å². The fourth-order valence-corrected chi connectivity index (χ4v) is 5.79. The van der Waals surface area contributed by atoms with Crippen LogP contribution in [0.2, 0.25) is 0 Å². The Bertz CT molecular complexity index is 623. The van der Waals surface area contributed by atoms with E-state index in [1.54, 1.807) is 4.68 Å². The van der Waals surface area contributed by atoms with Crippen LogP contribution in [0.5, 0.6) is 0 Å². The molecule has 4 atom stereocenters. The third-order valence-electron chi connectivity index (χ3n) is 5.42. The Labute approximate surface area is 127 Å². The zero-order valence-corrected chi connectivity index (χ0v) is 13.9. The average molecular weight is 311 g/mol. The summed E-state index contributed by atoms with van der Waals surface area (Å²) in [7, 11) is -3.47. The first-order valence-corrected chi connectivity index (χ1v) is 9.45. The zero-order chi connectivity index (χ0) is 15.2. The monoisotopic (exact) mass is 311 g/mol. The number of hydrogen-bond donors (Lipinski definition) is 1. The van der Waals surface area contributed by atoms with Gasteiger partial charge in [-0.3, -0.25) is 4.68 Å². The third kappa shape index (κ3) is 2.63. The average Bonchev–Trinajstić information content (AvgIpc) is 3.12. The molecule has 1 aromatic rings. The van der Waals surface area contributed by atoms with Crippen molar-refractivity contribution in [3.05, 3.63) is 11.9 Å². The first-order chi connectivity index (χ1) is 9.92. The van der Waals surface area contributed by atoms with Gasteiger partial charge in [-0.05, 0) is 57.8 Å². The lowest BCUT2D eigenvalue weighted by atomic mass is 9.84. The summed E-state index contributed by atoms with van der Waals surface area (Å²) in [5.41, 5.74) is 0.713. The van der Waals surface area contributed by atoms with Gasteiger partial charge in [-0.15, -0.1) is 0 Å².